The second-order valence-corrected chi connectivity index (χ2v) is 6.01. The molecule has 22 heavy (non-hydrogen) atoms. The molecule has 1 amide bonds. The number of methoxy groups -OCH3 is 2. The van der Waals surface area contributed by atoms with E-state index >= 15 is 0 Å². The van der Waals surface area contributed by atoms with E-state index in [0.29, 0.717) is 31.0 Å². The van der Waals surface area contributed by atoms with Gasteiger partial charge in [-0.05, 0) is 30.5 Å². The first kappa shape index (κ1) is 17.1. The number of benzene rings is 1. The van der Waals surface area contributed by atoms with E-state index in [0.717, 1.165) is 16.5 Å². The summed E-state index contributed by atoms with van der Waals surface area (Å²) in [4.78, 5) is 11.1. The molecule has 2 atom stereocenters. The fourth-order valence-corrected chi connectivity index (χ4v) is 2.93. The van der Waals surface area contributed by atoms with E-state index in [4.69, 9.17) is 19.9 Å². The molecule has 6 nitrogen and oxygen atoms in total. The molecule has 0 unspecified atom stereocenters. The summed E-state index contributed by atoms with van der Waals surface area (Å²) in [6.07, 6.45) is 1.12. The van der Waals surface area contributed by atoms with Crippen molar-refractivity contribution < 1.29 is 19.0 Å². The number of hydrogen-bond donors (Lipinski definition) is 2. The molecule has 0 spiro atoms. The van der Waals surface area contributed by atoms with Crippen molar-refractivity contribution in [1.82, 2.24) is 5.32 Å². The molecule has 7 heteroatoms. The van der Waals surface area contributed by atoms with Gasteiger partial charge in [0.2, 0.25) is 5.91 Å². The van der Waals surface area contributed by atoms with Crippen LogP contribution >= 0.6 is 15.9 Å². The number of nitrogens with two attached hydrogens (primary N) is 1. The normalized spacial score (nSPS) is 20.9. The molecule has 0 saturated carbocycles. The monoisotopic (exact) mass is 372 g/mol. The number of rotatable bonds is 7. The summed E-state index contributed by atoms with van der Waals surface area (Å²) < 4.78 is 17.1. The van der Waals surface area contributed by atoms with Crippen LogP contribution in [-0.2, 0) is 16.1 Å². The van der Waals surface area contributed by atoms with Gasteiger partial charge in [0.1, 0.15) is 6.10 Å². The van der Waals surface area contributed by atoms with Crippen molar-refractivity contribution in [3.8, 4) is 11.5 Å². The fourth-order valence-electron chi connectivity index (χ4n) is 2.46. The fraction of sp³-hybridized carbons (Fsp3) is 0.533. The molecule has 1 heterocycles. The minimum Gasteiger partial charge on any atom is -0.493 e. The Morgan fingerprint density at radius 3 is 2.64 bits per heavy atom. The molecular weight excluding hydrogens is 352 g/mol. The number of nitrogens with one attached hydrogen (secondary N) is 1. The molecule has 0 radical (unpaired) electrons. The lowest BCUT2D eigenvalue weighted by molar-refractivity contribution is -0.128. The Balaban J connectivity index is 1.88. The average Bonchev–Trinajstić information content (AvgIpc) is 2.97. The average molecular weight is 373 g/mol. The zero-order valence-electron chi connectivity index (χ0n) is 12.7. The summed E-state index contributed by atoms with van der Waals surface area (Å²) in [6, 6.07) is 3.81. The van der Waals surface area contributed by atoms with E-state index in [2.05, 4.69) is 21.2 Å². The maximum absolute atomic E-state index is 11.1. The number of primary amides is 1. The van der Waals surface area contributed by atoms with Gasteiger partial charge in [0, 0.05) is 17.6 Å². The molecule has 1 aromatic rings. The zero-order valence-corrected chi connectivity index (χ0v) is 14.3. The Labute approximate surface area is 138 Å². The van der Waals surface area contributed by atoms with Crippen molar-refractivity contribution in [1.29, 1.82) is 0 Å². The van der Waals surface area contributed by atoms with Gasteiger partial charge in [-0.3, -0.25) is 4.79 Å². The number of carbonyl (C=O) groups is 1. The van der Waals surface area contributed by atoms with Crippen molar-refractivity contribution in [2.24, 2.45) is 5.73 Å². The van der Waals surface area contributed by atoms with Crippen LogP contribution in [0.5, 0.6) is 11.5 Å². The lowest BCUT2D eigenvalue weighted by Crippen LogP contribution is -2.31. The van der Waals surface area contributed by atoms with Crippen molar-refractivity contribution >= 4 is 21.8 Å². The molecule has 122 valence electrons. The maximum Gasteiger partial charge on any atom is 0.246 e. The maximum atomic E-state index is 11.1. The first-order valence-electron chi connectivity index (χ1n) is 7.11. The SMILES string of the molecule is COc1cc(Br)c(CNC[C@@H]2CC[C@@H](C(N)=O)O2)cc1OC. The Kier molecular flexibility index (Phi) is 6.05. The number of amides is 1. The van der Waals surface area contributed by atoms with Gasteiger partial charge in [-0.1, -0.05) is 15.9 Å². The summed E-state index contributed by atoms with van der Waals surface area (Å²) in [5.74, 6) is 0.986. The van der Waals surface area contributed by atoms with Crippen LogP contribution in [0, 0.1) is 0 Å². The molecule has 0 aromatic heterocycles. The van der Waals surface area contributed by atoms with Gasteiger partial charge >= 0.3 is 0 Å². The highest BCUT2D eigenvalue weighted by molar-refractivity contribution is 9.10. The largest absolute Gasteiger partial charge is 0.493 e. The summed E-state index contributed by atoms with van der Waals surface area (Å²) in [5.41, 5.74) is 6.30. The van der Waals surface area contributed by atoms with Crippen LogP contribution < -0.4 is 20.5 Å². The molecule has 1 aromatic carbocycles. The standard InChI is InChI=1S/C15H21BrN2O4/c1-20-13-5-9(11(16)6-14(13)21-2)7-18-8-10-3-4-12(22-10)15(17)19/h5-6,10,12,18H,3-4,7-8H2,1-2H3,(H2,17,19)/t10-,12-/m0/s1. The van der Waals surface area contributed by atoms with E-state index in [1.165, 1.54) is 0 Å². The Bertz CT molecular complexity index is 539. The summed E-state index contributed by atoms with van der Waals surface area (Å²) in [7, 11) is 3.22. The predicted molar refractivity (Wildman–Crippen MR) is 86.0 cm³/mol. The van der Waals surface area contributed by atoms with Crippen LogP contribution in [0.2, 0.25) is 0 Å². The molecule has 1 fully saturated rings. The Hall–Kier alpha value is -1.31. The smallest absolute Gasteiger partial charge is 0.246 e. The van der Waals surface area contributed by atoms with Crippen LogP contribution in [0.3, 0.4) is 0 Å². The molecule has 1 aliphatic rings. The van der Waals surface area contributed by atoms with E-state index < -0.39 is 6.10 Å². The minimum absolute atomic E-state index is 0.0245. The Morgan fingerprint density at radius 2 is 2.05 bits per heavy atom. The second-order valence-electron chi connectivity index (χ2n) is 5.16. The molecule has 3 N–H and O–H groups in total. The lowest BCUT2D eigenvalue weighted by Gasteiger charge is -2.15. The van der Waals surface area contributed by atoms with Gasteiger partial charge in [-0.15, -0.1) is 0 Å². The van der Waals surface area contributed by atoms with Gasteiger partial charge in [0.05, 0.1) is 20.3 Å². The van der Waals surface area contributed by atoms with E-state index in [1.54, 1.807) is 14.2 Å². The molecule has 1 aliphatic heterocycles. The third-order valence-corrected chi connectivity index (χ3v) is 4.40. The molecule has 1 saturated heterocycles. The molecular formula is C15H21BrN2O4. The van der Waals surface area contributed by atoms with Gasteiger partial charge < -0.3 is 25.3 Å². The third kappa shape index (κ3) is 4.12. The summed E-state index contributed by atoms with van der Waals surface area (Å²) in [6.45, 7) is 1.33. The highest BCUT2D eigenvalue weighted by atomic mass is 79.9. The van der Waals surface area contributed by atoms with Gasteiger partial charge in [-0.25, -0.2) is 0 Å². The van der Waals surface area contributed by atoms with Gasteiger partial charge in [-0.2, -0.15) is 0 Å². The first-order valence-corrected chi connectivity index (χ1v) is 7.90. The molecule has 0 bridgehead atoms. The molecule has 2 rings (SSSR count). The Morgan fingerprint density at radius 1 is 1.36 bits per heavy atom. The number of ether oxygens (including phenoxy) is 3. The highest BCUT2D eigenvalue weighted by Gasteiger charge is 2.28. The zero-order chi connectivity index (χ0) is 16.1. The summed E-state index contributed by atoms with van der Waals surface area (Å²) >= 11 is 3.53. The quantitative estimate of drug-likeness (QED) is 0.759. The van der Waals surface area contributed by atoms with E-state index in [9.17, 15) is 4.79 Å². The predicted octanol–water partition coefficient (Wildman–Crippen LogP) is 1.59. The molecule has 0 aliphatic carbocycles. The first-order chi connectivity index (χ1) is 10.5. The van der Waals surface area contributed by atoms with E-state index in [-0.39, 0.29) is 12.0 Å². The van der Waals surface area contributed by atoms with Crippen molar-refractivity contribution in [2.75, 3.05) is 20.8 Å². The topological polar surface area (TPSA) is 82.8 Å². The summed E-state index contributed by atoms with van der Waals surface area (Å²) in [5, 5.41) is 3.33. The minimum atomic E-state index is -0.445. The van der Waals surface area contributed by atoms with Crippen molar-refractivity contribution in [3.05, 3.63) is 22.2 Å². The number of carbonyl (C=O) groups excluding carboxylic acids is 1. The van der Waals surface area contributed by atoms with Gasteiger partial charge in [0.15, 0.2) is 11.5 Å². The van der Waals surface area contributed by atoms with Crippen molar-refractivity contribution in [3.63, 3.8) is 0 Å². The van der Waals surface area contributed by atoms with Crippen LogP contribution in [-0.4, -0.2) is 38.9 Å². The number of halogens is 1. The van der Waals surface area contributed by atoms with Crippen LogP contribution in [0.1, 0.15) is 18.4 Å². The van der Waals surface area contributed by atoms with Crippen molar-refractivity contribution in [2.45, 2.75) is 31.6 Å². The second kappa shape index (κ2) is 7.80. The van der Waals surface area contributed by atoms with Crippen LogP contribution in [0.15, 0.2) is 16.6 Å². The highest BCUT2D eigenvalue weighted by Crippen LogP contribution is 2.33. The lowest BCUT2D eigenvalue weighted by atomic mass is 10.1. The third-order valence-electron chi connectivity index (χ3n) is 3.66. The van der Waals surface area contributed by atoms with Gasteiger partial charge in [0.25, 0.3) is 0 Å². The van der Waals surface area contributed by atoms with Crippen LogP contribution in [0.4, 0.5) is 0 Å². The number of hydrogen-bond acceptors (Lipinski definition) is 5. The van der Waals surface area contributed by atoms with Crippen LogP contribution in [0.25, 0.3) is 0 Å². The van der Waals surface area contributed by atoms with E-state index in [1.807, 2.05) is 12.1 Å².